The molecular formula is C11H16N4O3. The highest BCUT2D eigenvalue weighted by Gasteiger charge is 2.26. The molecule has 7 nitrogen and oxygen atoms in total. The molecule has 0 atom stereocenters. The Labute approximate surface area is 103 Å². The predicted octanol–water partition coefficient (Wildman–Crippen LogP) is -0.802. The minimum Gasteiger partial charge on any atom is -0.383 e. The summed E-state index contributed by atoms with van der Waals surface area (Å²) in [5.41, 5.74) is -1.46. The van der Waals surface area contributed by atoms with Crippen LogP contribution < -0.4 is 11.2 Å². The third-order valence-corrected chi connectivity index (χ3v) is 3.02. The average Bonchev–Trinajstić information content (AvgIpc) is 2.61. The summed E-state index contributed by atoms with van der Waals surface area (Å²) < 4.78 is 3.85. The van der Waals surface area contributed by atoms with Gasteiger partial charge in [0.15, 0.2) is 11.2 Å². The van der Waals surface area contributed by atoms with Gasteiger partial charge < -0.3 is 9.67 Å². The van der Waals surface area contributed by atoms with Crippen LogP contribution >= 0.6 is 0 Å². The van der Waals surface area contributed by atoms with Gasteiger partial charge in [0.2, 0.25) is 0 Å². The second-order valence-electron chi connectivity index (χ2n) is 4.93. The zero-order valence-electron chi connectivity index (χ0n) is 11.1. The molecule has 1 N–H and O–H groups in total. The molecule has 0 aliphatic heterocycles. The van der Waals surface area contributed by atoms with Crippen LogP contribution in [0.25, 0.3) is 11.2 Å². The van der Waals surface area contributed by atoms with Gasteiger partial charge in [-0.1, -0.05) is 0 Å². The molecule has 2 aromatic rings. The van der Waals surface area contributed by atoms with E-state index in [4.69, 9.17) is 0 Å². The van der Waals surface area contributed by atoms with E-state index in [1.165, 1.54) is 16.2 Å². The van der Waals surface area contributed by atoms with Gasteiger partial charge in [0.25, 0.3) is 5.56 Å². The molecule has 18 heavy (non-hydrogen) atoms. The van der Waals surface area contributed by atoms with Crippen molar-refractivity contribution in [2.24, 2.45) is 21.1 Å². The van der Waals surface area contributed by atoms with Gasteiger partial charge in [0, 0.05) is 21.1 Å². The summed E-state index contributed by atoms with van der Waals surface area (Å²) in [6.45, 7) is 3.16. The molecule has 2 aromatic heterocycles. The highest BCUT2D eigenvalue weighted by molar-refractivity contribution is 5.71. The minimum absolute atomic E-state index is 0.280. The standard InChI is InChI=1S/C11H16N4O3/c1-11(2,18)9-12-7-6(13(9)3)8(16)15(5)10(17)14(7)4/h18H,1-5H3. The van der Waals surface area contributed by atoms with Crippen LogP contribution in [0.15, 0.2) is 9.59 Å². The van der Waals surface area contributed by atoms with E-state index in [2.05, 4.69) is 4.98 Å². The second-order valence-corrected chi connectivity index (χ2v) is 4.93. The molecule has 2 rings (SSSR count). The molecular weight excluding hydrogens is 236 g/mol. The van der Waals surface area contributed by atoms with Crippen molar-refractivity contribution < 1.29 is 5.11 Å². The lowest BCUT2D eigenvalue weighted by Gasteiger charge is -2.15. The van der Waals surface area contributed by atoms with Crippen LogP contribution in [0, 0.1) is 0 Å². The summed E-state index contributed by atoms with van der Waals surface area (Å²) in [4.78, 5) is 28.1. The number of aliphatic hydroxyl groups is 1. The molecule has 2 heterocycles. The molecule has 0 aliphatic rings. The van der Waals surface area contributed by atoms with Crippen molar-refractivity contribution in [1.82, 2.24) is 18.7 Å². The number of fused-ring (bicyclic) bond motifs is 1. The fourth-order valence-corrected chi connectivity index (χ4v) is 2.07. The molecule has 0 fully saturated rings. The maximum atomic E-state index is 12.1. The Kier molecular flexibility index (Phi) is 2.48. The first-order valence-electron chi connectivity index (χ1n) is 5.51. The minimum atomic E-state index is -1.19. The zero-order valence-corrected chi connectivity index (χ0v) is 11.1. The Bertz CT molecular complexity index is 743. The quantitative estimate of drug-likeness (QED) is 0.720. The molecule has 7 heteroatoms. The first-order valence-corrected chi connectivity index (χ1v) is 5.51. The van der Waals surface area contributed by atoms with Crippen molar-refractivity contribution in [3.8, 4) is 0 Å². The van der Waals surface area contributed by atoms with Crippen LogP contribution in [0.2, 0.25) is 0 Å². The third kappa shape index (κ3) is 1.51. The van der Waals surface area contributed by atoms with Gasteiger partial charge in [-0.15, -0.1) is 0 Å². The van der Waals surface area contributed by atoms with Crippen LogP contribution in [0.1, 0.15) is 19.7 Å². The lowest BCUT2D eigenvalue weighted by Crippen LogP contribution is -2.37. The van der Waals surface area contributed by atoms with Gasteiger partial charge in [-0.2, -0.15) is 0 Å². The summed E-state index contributed by atoms with van der Waals surface area (Å²) in [6, 6.07) is 0. The number of hydrogen-bond donors (Lipinski definition) is 1. The fourth-order valence-electron chi connectivity index (χ4n) is 2.07. The first kappa shape index (κ1) is 12.6. The molecule has 0 saturated carbocycles. The van der Waals surface area contributed by atoms with Crippen molar-refractivity contribution in [1.29, 1.82) is 0 Å². The van der Waals surface area contributed by atoms with Gasteiger partial charge in [0.1, 0.15) is 11.4 Å². The monoisotopic (exact) mass is 252 g/mol. The lowest BCUT2D eigenvalue weighted by atomic mass is 10.1. The van der Waals surface area contributed by atoms with Crippen molar-refractivity contribution in [3.05, 3.63) is 26.7 Å². The van der Waals surface area contributed by atoms with Crippen LogP contribution in [-0.4, -0.2) is 23.8 Å². The molecule has 0 aliphatic carbocycles. The Hall–Kier alpha value is -1.89. The molecule has 0 bridgehead atoms. The van der Waals surface area contributed by atoms with E-state index in [0.717, 1.165) is 4.57 Å². The van der Waals surface area contributed by atoms with Crippen LogP contribution in [0.3, 0.4) is 0 Å². The zero-order chi connectivity index (χ0) is 13.8. The molecule has 0 aromatic carbocycles. The van der Waals surface area contributed by atoms with Crippen molar-refractivity contribution in [2.75, 3.05) is 0 Å². The second kappa shape index (κ2) is 3.55. The maximum absolute atomic E-state index is 12.1. The third-order valence-electron chi connectivity index (χ3n) is 3.02. The van der Waals surface area contributed by atoms with E-state index in [1.807, 2.05) is 0 Å². The highest BCUT2D eigenvalue weighted by Crippen LogP contribution is 2.20. The van der Waals surface area contributed by atoms with Gasteiger partial charge in [0.05, 0.1) is 0 Å². The molecule has 0 amide bonds. The predicted molar refractivity (Wildman–Crippen MR) is 66.4 cm³/mol. The number of hydrogen-bond acceptors (Lipinski definition) is 4. The summed E-state index contributed by atoms with van der Waals surface area (Å²) in [5.74, 6) is 0.343. The van der Waals surface area contributed by atoms with Crippen molar-refractivity contribution in [3.63, 3.8) is 0 Å². The van der Waals surface area contributed by atoms with Crippen LogP contribution in [0.5, 0.6) is 0 Å². The normalized spacial score (nSPS) is 12.3. The molecule has 0 radical (unpaired) electrons. The van der Waals surface area contributed by atoms with E-state index in [1.54, 1.807) is 27.9 Å². The van der Waals surface area contributed by atoms with E-state index in [-0.39, 0.29) is 5.65 Å². The largest absolute Gasteiger partial charge is 0.383 e. The number of rotatable bonds is 1. The topological polar surface area (TPSA) is 82.1 Å². The Balaban J connectivity index is 3.08. The van der Waals surface area contributed by atoms with E-state index in [0.29, 0.717) is 11.3 Å². The number of nitrogens with zero attached hydrogens (tertiary/aromatic N) is 4. The molecule has 0 unspecified atom stereocenters. The van der Waals surface area contributed by atoms with E-state index in [9.17, 15) is 14.7 Å². The molecule has 98 valence electrons. The highest BCUT2D eigenvalue weighted by atomic mass is 16.3. The Morgan fingerprint density at radius 1 is 1.06 bits per heavy atom. The number of aryl methyl sites for hydroxylation is 2. The summed E-state index contributed by atoms with van der Waals surface area (Å²) in [7, 11) is 4.61. The Morgan fingerprint density at radius 3 is 2.11 bits per heavy atom. The van der Waals surface area contributed by atoms with Crippen molar-refractivity contribution >= 4 is 11.2 Å². The van der Waals surface area contributed by atoms with Gasteiger partial charge in [-0.05, 0) is 13.8 Å². The molecule has 0 saturated heterocycles. The fraction of sp³-hybridized carbons (Fsp3) is 0.545. The maximum Gasteiger partial charge on any atom is 0.332 e. The van der Waals surface area contributed by atoms with Gasteiger partial charge in [-0.3, -0.25) is 13.9 Å². The number of imidazole rings is 1. The van der Waals surface area contributed by atoms with Crippen LogP contribution in [0.4, 0.5) is 0 Å². The molecule has 0 spiro atoms. The Morgan fingerprint density at radius 2 is 1.61 bits per heavy atom. The summed E-state index contributed by atoms with van der Waals surface area (Å²) in [5, 5.41) is 10.0. The van der Waals surface area contributed by atoms with Gasteiger partial charge in [-0.25, -0.2) is 9.78 Å². The van der Waals surface area contributed by atoms with E-state index >= 15 is 0 Å². The number of aromatic nitrogens is 4. The summed E-state index contributed by atoms with van der Waals surface area (Å²) >= 11 is 0. The summed E-state index contributed by atoms with van der Waals surface area (Å²) in [6.07, 6.45) is 0. The van der Waals surface area contributed by atoms with Crippen LogP contribution in [-0.2, 0) is 26.7 Å². The van der Waals surface area contributed by atoms with E-state index < -0.39 is 16.9 Å². The smallest absolute Gasteiger partial charge is 0.332 e. The first-order chi connectivity index (χ1) is 8.16. The van der Waals surface area contributed by atoms with Crippen molar-refractivity contribution in [2.45, 2.75) is 19.4 Å². The lowest BCUT2D eigenvalue weighted by molar-refractivity contribution is 0.0663. The van der Waals surface area contributed by atoms with Gasteiger partial charge >= 0.3 is 5.69 Å². The average molecular weight is 252 g/mol. The SMILES string of the molecule is Cn1c(=O)c2c(nc(C(C)(C)O)n2C)n(C)c1=O.